The Kier molecular flexibility index (Phi) is 6.25. The van der Waals surface area contributed by atoms with Crippen molar-refractivity contribution >= 4 is 38.3 Å². The van der Waals surface area contributed by atoms with Gasteiger partial charge >= 0.3 is 0 Å². The Morgan fingerprint density at radius 2 is 1.75 bits per heavy atom. The lowest BCUT2D eigenvalue weighted by Crippen LogP contribution is -2.28. The van der Waals surface area contributed by atoms with Crippen molar-refractivity contribution < 1.29 is 17.2 Å². The monoisotopic (exact) mass is 512 g/mol. The second kappa shape index (κ2) is 9.19. The molecule has 36 heavy (non-hydrogen) atoms. The first-order valence-corrected chi connectivity index (χ1v) is 12.2. The number of hydrogen-bond donors (Lipinski definition) is 3. The minimum atomic E-state index is -3.87. The first-order chi connectivity index (χ1) is 17.0. The number of rotatable bonds is 6. The molecule has 0 radical (unpaired) electrons. The molecule has 4 aromatic rings. The third-order valence-electron chi connectivity index (χ3n) is 5.20. The Labute approximate surface area is 203 Å². The number of nitrogen functional groups attached to an aromatic ring is 2. The first-order valence-electron chi connectivity index (χ1n) is 10.3. The van der Waals surface area contributed by atoms with Crippen molar-refractivity contribution in [1.29, 1.82) is 5.26 Å². The number of anilines is 3. The molecule has 0 saturated heterocycles. The van der Waals surface area contributed by atoms with Crippen molar-refractivity contribution in [1.82, 2.24) is 19.5 Å². The van der Waals surface area contributed by atoms with Crippen molar-refractivity contribution in [2.45, 2.75) is 11.3 Å². The van der Waals surface area contributed by atoms with Crippen LogP contribution in [0.5, 0.6) is 0 Å². The highest BCUT2D eigenvalue weighted by Crippen LogP contribution is 2.24. The van der Waals surface area contributed by atoms with Crippen LogP contribution in [0.1, 0.15) is 11.4 Å². The minimum absolute atomic E-state index is 0.0219. The number of nitrogens with two attached hydrogens (primary N) is 2. The second-order valence-electron chi connectivity index (χ2n) is 7.64. The van der Waals surface area contributed by atoms with Crippen LogP contribution in [0.4, 0.5) is 26.4 Å². The zero-order chi connectivity index (χ0) is 26.2. The van der Waals surface area contributed by atoms with Gasteiger partial charge in [0.2, 0.25) is 5.95 Å². The summed E-state index contributed by atoms with van der Waals surface area (Å²) in [7, 11) is -3.87. The van der Waals surface area contributed by atoms with Crippen LogP contribution in [-0.2, 0) is 16.3 Å². The number of para-hydroxylation sites is 1. The normalized spacial score (nSPS) is 11.4. The zero-order valence-corrected chi connectivity index (χ0v) is 19.5. The summed E-state index contributed by atoms with van der Waals surface area (Å²) in [6.45, 7) is -0.0235. The number of nitriles is 1. The third kappa shape index (κ3) is 4.39. The fourth-order valence-corrected chi connectivity index (χ4v) is 4.57. The molecule has 11 nitrogen and oxygen atoms in total. The van der Waals surface area contributed by atoms with Gasteiger partial charge in [-0.3, -0.25) is 9.36 Å². The largest absolute Gasteiger partial charge is 0.382 e. The molecule has 4 rings (SSSR count). The number of fused-ring (bicyclic) bond motifs is 1. The molecule has 2 heterocycles. The van der Waals surface area contributed by atoms with Crippen LogP contribution in [0.2, 0.25) is 0 Å². The molecule has 0 spiro atoms. The van der Waals surface area contributed by atoms with Crippen LogP contribution in [0.3, 0.4) is 0 Å². The van der Waals surface area contributed by atoms with Gasteiger partial charge in [0.1, 0.15) is 40.6 Å². The second-order valence-corrected chi connectivity index (χ2v) is 9.62. The predicted molar refractivity (Wildman–Crippen MR) is 128 cm³/mol. The van der Waals surface area contributed by atoms with Crippen LogP contribution in [0.25, 0.3) is 16.6 Å². The van der Waals surface area contributed by atoms with Crippen molar-refractivity contribution in [2.75, 3.05) is 29.6 Å². The van der Waals surface area contributed by atoms with E-state index in [0.29, 0.717) is 4.57 Å². The molecule has 0 aliphatic carbocycles. The lowest BCUT2D eigenvalue weighted by Gasteiger charge is -2.16. The lowest BCUT2D eigenvalue weighted by atomic mass is 10.2. The number of nitrogens with one attached hydrogen (secondary N) is 1. The van der Waals surface area contributed by atoms with Gasteiger partial charge in [-0.2, -0.15) is 15.2 Å². The molecule has 5 N–H and O–H groups in total. The SMILES string of the molecule is CS(=O)(=O)c1cccc2nc(CCNc3nc(N)nc(N)c3C#N)n(-c3c(F)cccc3F)c(=O)c12. The highest BCUT2D eigenvalue weighted by Gasteiger charge is 2.23. The quantitative estimate of drug-likeness (QED) is 0.343. The predicted octanol–water partition coefficient (Wildman–Crippen LogP) is 1.55. The van der Waals surface area contributed by atoms with Gasteiger partial charge in [0.05, 0.1) is 15.8 Å². The highest BCUT2D eigenvalue weighted by atomic mass is 32.2. The maximum absolute atomic E-state index is 14.8. The van der Waals surface area contributed by atoms with Gasteiger partial charge in [-0.05, 0) is 24.3 Å². The molecule has 0 aliphatic heterocycles. The van der Waals surface area contributed by atoms with E-state index in [1.807, 2.05) is 6.07 Å². The molecular formula is C22H18F2N8O3S. The molecule has 0 atom stereocenters. The van der Waals surface area contributed by atoms with Gasteiger partial charge in [-0.1, -0.05) is 12.1 Å². The van der Waals surface area contributed by atoms with Gasteiger partial charge in [-0.25, -0.2) is 22.2 Å². The van der Waals surface area contributed by atoms with E-state index in [1.165, 1.54) is 18.2 Å². The fourth-order valence-electron chi connectivity index (χ4n) is 3.68. The van der Waals surface area contributed by atoms with E-state index in [2.05, 4.69) is 20.3 Å². The average Bonchev–Trinajstić information content (AvgIpc) is 2.79. The summed E-state index contributed by atoms with van der Waals surface area (Å²) in [6.07, 6.45) is 0.815. The van der Waals surface area contributed by atoms with Gasteiger partial charge in [0, 0.05) is 19.2 Å². The molecule has 0 unspecified atom stereocenters. The van der Waals surface area contributed by atoms with Crippen LogP contribution in [0.15, 0.2) is 46.1 Å². The molecule has 0 amide bonds. The van der Waals surface area contributed by atoms with E-state index < -0.39 is 32.7 Å². The van der Waals surface area contributed by atoms with Crippen LogP contribution < -0.4 is 22.3 Å². The van der Waals surface area contributed by atoms with Crippen molar-refractivity contribution in [3.8, 4) is 11.8 Å². The Morgan fingerprint density at radius 1 is 1.08 bits per heavy atom. The molecule has 0 aliphatic rings. The third-order valence-corrected chi connectivity index (χ3v) is 6.34. The van der Waals surface area contributed by atoms with Crippen molar-refractivity contribution in [3.05, 3.63) is 69.8 Å². The topological polar surface area (TPSA) is 183 Å². The van der Waals surface area contributed by atoms with Gasteiger partial charge < -0.3 is 16.8 Å². The van der Waals surface area contributed by atoms with E-state index in [1.54, 1.807) is 0 Å². The van der Waals surface area contributed by atoms with E-state index in [9.17, 15) is 27.3 Å². The van der Waals surface area contributed by atoms with Crippen LogP contribution in [-0.4, -0.2) is 40.7 Å². The summed E-state index contributed by atoms with van der Waals surface area (Å²) in [6, 6.07) is 8.96. The van der Waals surface area contributed by atoms with Gasteiger partial charge in [0.25, 0.3) is 5.56 Å². The highest BCUT2D eigenvalue weighted by molar-refractivity contribution is 7.91. The number of halogens is 2. The van der Waals surface area contributed by atoms with E-state index in [4.69, 9.17) is 11.5 Å². The molecule has 14 heteroatoms. The molecule has 0 fully saturated rings. The summed E-state index contributed by atoms with van der Waals surface area (Å²) in [5.41, 5.74) is 9.58. The van der Waals surface area contributed by atoms with E-state index in [-0.39, 0.29) is 57.7 Å². The molecule has 0 saturated carbocycles. The Bertz CT molecular complexity index is 1710. The molecule has 2 aromatic heterocycles. The van der Waals surface area contributed by atoms with Crippen LogP contribution in [0, 0.1) is 23.0 Å². The fraction of sp³-hybridized carbons (Fsp3) is 0.136. The lowest BCUT2D eigenvalue weighted by molar-refractivity contribution is 0.561. The average molecular weight is 513 g/mol. The van der Waals surface area contributed by atoms with E-state index in [0.717, 1.165) is 24.5 Å². The molecular weight excluding hydrogens is 494 g/mol. The Hall–Kier alpha value is -4.64. The Morgan fingerprint density at radius 3 is 2.39 bits per heavy atom. The first kappa shape index (κ1) is 24.5. The summed E-state index contributed by atoms with van der Waals surface area (Å²) < 4.78 is 54.9. The maximum atomic E-state index is 14.8. The minimum Gasteiger partial charge on any atom is -0.382 e. The van der Waals surface area contributed by atoms with Crippen molar-refractivity contribution in [2.24, 2.45) is 0 Å². The molecule has 0 bridgehead atoms. The number of sulfone groups is 1. The summed E-state index contributed by atoms with van der Waals surface area (Å²) in [4.78, 5) is 25.2. The van der Waals surface area contributed by atoms with Gasteiger partial charge in [0.15, 0.2) is 15.7 Å². The zero-order valence-electron chi connectivity index (χ0n) is 18.7. The van der Waals surface area contributed by atoms with Gasteiger partial charge in [-0.15, -0.1) is 0 Å². The number of aromatic nitrogens is 4. The summed E-state index contributed by atoms with van der Waals surface area (Å²) in [5.74, 6) is -2.48. The standard InChI is InChI=1S/C22H18F2N8O3S/c1-36(34,35)15-7-3-6-14-17(15)21(33)32(18-12(23)4-2-5-13(18)24)16(29-14)8-9-28-20-11(10-25)19(26)30-22(27)31-20/h2-7H,8-9H2,1H3,(H5,26,27,28,30,31). The van der Waals surface area contributed by atoms with Crippen LogP contribution >= 0.6 is 0 Å². The van der Waals surface area contributed by atoms with Crippen molar-refractivity contribution in [3.63, 3.8) is 0 Å². The maximum Gasteiger partial charge on any atom is 0.267 e. The number of benzene rings is 2. The molecule has 184 valence electrons. The Balaban J connectivity index is 1.89. The summed E-state index contributed by atoms with van der Waals surface area (Å²) in [5, 5.41) is 11.9. The number of nitrogens with zero attached hydrogens (tertiary/aromatic N) is 5. The smallest absolute Gasteiger partial charge is 0.267 e. The number of hydrogen-bond acceptors (Lipinski definition) is 10. The summed E-state index contributed by atoms with van der Waals surface area (Å²) >= 11 is 0. The van der Waals surface area contributed by atoms with E-state index >= 15 is 0 Å². The molecule has 2 aromatic carbocycles.